The van der Waals surface area contributed by atoms with Crippen LogP contribution in [0.5, 0.6) is 11.5 Å². The van der Waals surface area contributed by atoms with Crippen LogP contribution in [-0.4, -0.2) is 25.4 Å². The van der Waals surface area contributed by atoms with Crippen molar-refractivity contribution in [3.8, 4) is 11.5 Å². The third-order valence-electron chi connectivity index (χ3n) is 2.99. The molecule has 0 unspecified atom stereocenters. The van der Waals surface area contributed by atoms with Crippen molar-refractivity contribution >= 4 is 29.2 Å². The van der Waals surface area contributed by atoms with Crippen molar-refractivity contribution in [3.05, 3.63) is 57.1 Å². The summed E-state index contributed by atoms with van der Waals surface area (Å²) in [5.74, 6) is 0.646. The van der Waals surface area contributed by atoms with Crippen LogP contribution >= 0.6 is 11.6 Å². The molecule has 0 aliphatic rings. The van der Waals surface area contributed by atoms with Crippen LogP contribution in [0.2, 0.25) is 5.02 Å². The summed E-state index contributed by atoms with van der Waals surface area (Å²) in [6.45, 7) is 0. The molecule has 1 N–H and O–H groups in total. The number of benzene rings is 2. The first-order valence-electron chi connectivity index (χ1n) is 6.51. The number of para-hydroxylation sites is 1. The lowest BCUT2D eigenvalue weighted by Crippen LogP contribution is -2.00. The highest BCUT2D eigenvalue weighted by molar-refractivity contribution is 6.33. The quantitative estimate of drug-likeness (QED) is 0.494. The molecular formula is C15H14ClN3O4. The van der Waals surface area contributed by atoms with Crippen molar-refractivity contribution in [2.75, 3.05) is 19.6 Å². The van der Waals surface area contributed by atoms with Crippen LogP contribution in [-0.2, 0) is 0 Å². The molecule has 0 saturated carbocycles. The minimum atomic E-state index is -0.515. The second-order valence-corrected chi connectivity index (χ2v) is 4.78. The van der Waals surface area contributed by atoms with Gasteiger partial charge in [0, 0.05) is 0 Å². The van der Waals surface area contributed by atoms with E-state index in [1.54, 1.807) is 24.3 Å². The average molecular weight is 336 g/mol. The van der Waals surface area contributed by atoms with E-state index in [1.807, 2.05) is 0 Å². The zero-order chi connectivity index (χ0) is 16.8. The van der Waals surface area contributed by atoms with Gasteiger partial charge in [-0.2, -0.15) is 5.10 Å². The molecule has 8 heteroatoms. The standard InChI is InChI=1S/C15H14ClN3O4/c1-22-14-7-10(13(19(20)21)8-15(14)23-2)9-17-18-12-6-4-3-5-11(12)16/h3-9,18H,1-2H3/b17-9-. The lowest BCUT2D eigenvalue weighted by molar-refractivity contribution is -0.385. The van der Waals surface area contributed by atoms with Gasteiger partial charge in [0.1, 0.15) is 0 Å². The number of nitrogens with one attached hydrogen (secondary N) is 1. The van der Waals surface area contributed by atoms with Gasteiger partial charge in [-0.1, -0.05) is 23.7 Å². The Balaban J connectivity index is 2.32. The zero-order valence-electron chi connectivity index (χ0n) is 12.4. The van der Waals surface area contributed by atoms with E-state index >= 15 is 0 Å². The van der Waals surface area contributed by atoms with Crippen molar-refractivity contribution in [1.82, 2.24) is 0 Å². The number of ether oxygens (including phenoxy) is 2. The maximum absolute atomic E-state index is 11.2. The number of rotatable bonds is 6. The van der Waals surface area contributed by atoms with E-state index in [4.69, 9.17) is 21.1 Å². The van der Waals surface area contributed by atoms with Gasteiger partial charge in [0.25, 0.3) is 5.69 Å². The number of hydrogen-bond donors (Lipinski definition) is 1. The van der Waals surface area contributed by atoms with Crippen LogP contribution in [0.3, 0.4) is 0 Å². The Hall–Kier alpha value is -2.80. The summed E-state index contributed by atoms with van der Waals surface area (Å²) in [7, 11) is 2.86. The Morgan fingerprint density at radius 2 is 1.87 bits per heavy atom. The maximum Gasteiger partial charge on any atom is 0.282 e. The minimum Gasteiger partial charge on any atom is -0.493 e. The smallest absolute Gasteiger partial charge is 0.282 e. The summed E-state index contributed by atoms with van der Waals surface area (Å²) in [6.07, 6.45) is 1.32. The molecule has 0 heterocycles. The van der Waals surface area contributed by atoms with Crippen molar-refractivity contribution < 1.29 is 14.4 Å². The summed E-state index contributed by atoms with van der Waals surface area (Å²) in [6, 6.07) is 9.80. The summed E-state index contributed by atoms with van der Waals surface area (Å²) in [5, 5.41) is 15.7. The lowest BCUT2D eigenvalue weighted by Gasteiger charge is -2.08. The minimum absolute atomic E-state index is 0.146. The van der Waals surface area contributed by atoms with Crippen molar-refractivity contribution in [2.45, 2.75) is 0 Å². The summed E-state index contributed by atoms with van der Waals surface area (Å²) < 4.78 is 10.2. The fraction of sp³-hybridized carbons (Fsp3) is 0.133. The van der Waals surface area contributed by atoms with E-state index in [2.05, 4.69) is 10.5 Å². The van der Waals surface area contributed by atoms with Gasteiger partial charge in [-0.25, -0.2) is 0 Å². The number of methoxy groups -OCH3 is 2. The van der Waals surface area contributed by atoms with E-state index in [-0.39, 0.29) is 17.0 Å². The molecule has 0 atom stereocenters. The molecule has 0 amide bonds. The van der Waals surface area contributed by atoms with Crippen LogP contribution in [0.4, 0.5) is 11.4 Å². The average Bonchev–Trinajstić information content (AvgIpc) is 2.55. The predicted molar refractivity (Wildman–Crippen MR) is 88.9 cm³/mol. The Labute approximate surface area is 137 Å². The van der Waals surface area contributed by atoms with Gasteiger partial charge in [-0.15, -0.1) is 0 Å². The number of anilines is 1. The highest BCUT2D eigenvalue weighted by Crippen LogP contribution is 2.33. The summed E-state index contributed by atoms with van der Waals surface area (Å²) >= 11 is 5.99. The van der Waals surface area contributed by atoms with Gasteiger partial charge >= 0.3 is 0 Å². The van der Waals surface area contributed by atoms with E-state index in [0.717, 1.165) is 0 Å². The zero-order valence-corrected chi connectivity index (χ0v) is 13.2. The number of nitrogens with zero attached hydrogens (tertiary/aromatic N) is 2. The van der Waals surface area contributed by atoms with Gasteiger partial charge in [0.15, 0.2) is 11.5 Å². The third kappa shape index (κ3) is 3.89. The van der Waals surface area contributed by atoms with E-state index in [9.17, 15) is 10.1 Å². The molecule has 120 valence electrons. The second kappa shape index (κ2) is 7.46. The number of nitro benzene ring substituents is 1. The van der Waals surface area contributed by atoms with Crippen molar-refractivity contribution in [1.29, 1.82) is 0 Å². The van der Waals surface area contributed by atoms with E-state index in [1.165, 1.54) is 32.6 Å². The largest absolute Gasteiger partial charge is 0.493 e. The summed E-state index contributed by atoms with van der Waals surface area (Å²) in [4.78, 5) is 10.7. The topological polar surface area (TPSA) is 86.0 Å². The van der Waals surface area contributed by atoms with Gasteiger partial charge in [0.05, 0.1) is 47.7 Å². The molecule has 0 aliphatic carbocycles. The molecule has 23 heavy (non-hydrogen) atoms. The molecule has 0 aromatic heterocycles. The molecule has 0 spiro atoms. The van der Waals surface area contributed by atoms with E-state index < -0.39 is 4.92 Å². The van der Waals surface area contributed by atoms with Gasteiger partial charge < -0.3 is 9.47 Å². The monoisotopic (exact) mass is 335 g/mol. The third-order valence-corrected chi connectivity index (χ3v) is 3.32. The molecule has 2 aromatic carbocycles. The Kier molecular flexibility index (Phi) is 5.37. The molecule has 0 radical (unpaired) electrons. The first-order chi connectivity index (χ1) is 11.1. The number of hydrogen-bond acceptors (Lipinski definition) is 6. The highest BCUT2D eigenvalue weighted by Gasteiger charge is 2.18. The van der Waals surface area contributed by atoms with Gasteiger partial charge in [-0.3, -0.25) is 15.5 Å². The molecule has 2 rings (SSSR count). The SMILES string of the molecule is COc1cc(/C=N\Nc2ccccc2Cl)c([N+](=O)[O-])cc1OC. The van der Waals surface area contributed by atoms with Gasteiger partial charge in [0.2, 0.25) is 0 Å². The Morgan fingerprint density at radius 1 is 1.22 bits per heavy atom. The summed E-state index contributed by atoms with van der Waals surface area (Å²) in [5.41, 5.74) is 3.45. The number of hydrazone groups is 1. The molecule has 7 nitrogen and oxygen atoms in total. The van der Waals surface area contributed by atoms with Crippen LogP contribution in [0.25, 0.3) is 0 Å². The first-order valence-corrected chi connectivity index (χ1v) is 6.88. The van der Waals surface area contributed by atoms with Crippen LogP contribution in [0, 0.1) is 10.1 Å². The van der Waals surface area contributed by atoms with Crippen molar-refractivity contribution in [3.63, 3.8) is 0 Å². The fourth-order valence-corrected chi connectivity index (χ4v) is 2.05. The van der Waals surface area contributed by atoms with Crippen LogP contribution in [0.1, 0.15) is 5.56 Å². The maximum atomic E-state index is 11.2. The van der Waals surface area contributed by atoms with Crippen molar-refractivity contribution in [2.24, 2.45) is 5.10 Å². The van der Waals surface area contributed by atoms with Gasteiger partial charge in [-0.05, 0) is 18.2 Å². The molecular weight excluding hydrogens is 322 g/mol. The predicted octanol–water partition coefficient (Wildman–Crippen LogP) is 3.71. The highest BCUT2D eigenvalue weighted by atomic mass is 35.5. The molecule has 2 aromatic rings. The first kappa shape index (κ1) is 16.6. The lowest BCUT2D eigenvalue weighted by atomic mass is 10.1. The number of nitro groups is 1. The normalized spacial score (nSPS) is 10.6. The molecule has 0 fully saturated rings. The molecule has 0 bridgehead atoms. The fourth-order valence-electron chi connectivity index (χ4n) is 1.87. The molecule has 0 aliphatic heterocycles. The molecule has 0 saturated heterocycles. The number of halogens is 1. The Bertz CT molecular complexity index is 749. The second-order valence-electron chi connectivity index (χ2n) is 4.37. The van der Waals surface area contributed by atoms with E-state index in [0.29, 0.717) is 16.5 Å². The Morgan fingerprint density at radius 3 is 2.48 bits per heavy atom. The van der Waals surface area contributed by atoms with Crippen LogP contribution in [0.15, 0.2) is 41.5 Å². The van der Waals surface area contributed by atoms with Crippen LogP contribution < -0.4 is 14.9 Å².